The molecule has 3 heterocycles. The lowest BCUT2D eigenvalue weighted by Crippen LogP contribution is -2.28. The van der Waals surface area contributed by atoms with Gasteiger partial charge in [-0.3, -0.25) is 0 Å². The number of rotatable bonds is 1. The number of halogens is 1. The van der Waals surface area contributed by atoms with Crippen LogP contribution in [0.4, 0.5) is 0 Å². The molecule has 0 aromatic carbocycles. The van der Waals surface area contributed by atoms with E-state index in [-0.39, 0.29) is 6.04 Å². The van der Waals surface area contributed by atoms with Crippen molar-refractivity contribution in [2.45, 2.75) is 12.5 Å². The van der Waals surface area contributed by atoms with Gasteiger partial charge in [0.05, 0.1) is 10.6 Å². The first-order valence-corrected chi connectivity index (χ1v) is 6.09. The zero-order valence-corrected chi connectivity index (χ0v) is 9.57. The highest BCUT2D eigenvalue weighted by Crippen LogP contribution is 2.34. The molecule has 1 atom stereocenters. The standard InChI is InChI=1S/C11H10ClNOS/c12-9-2-1-8(15-9)10-11-7(3-5-13-10)4-6-14-11/h1-2,4,6,10,13H,3,5H2. The van der Waals surface area contributed by atoms with Crippen molar-refractivity contribution < 1.29 is 4.42 Å². The molecule has 0 aliphatic carbocycles. The second-order valence-corrected chi connectivity index (χ2v) is 5.34. The van der Waals surface area contributed by atoms with Crippen molar-refractivity contribution in [3.05, 3.63) is 45.0 Å². The third kappa shape index (κ3) is 1.61. The minimum absolute atomic E-state index is 0.182. The summed E-state index contributed by atoms with van der Waals surface area (Å²) in [7, 11) is 0. The van der Waals surface area contributed by atoms with Gasteiger partial charge in [-0.2, -0.15) is 0 Å². The molecule has 1 unspecified atom stereocenters. The largest absolute Gasteiger partial charge is 0.467 e. The highest BCUT2D eigenvalue weighted by molar-refractivity contribution is 7.16. The van der Waals surface area contributed by atoms with Crippen LogP contribution in [0.15, 0.2) is 28.9 Å². The predicted molar refractivity (Wildman–Crippen MR) is 61.6 cm³/mol. The van der Waals surface area contributed by atoms with Crippen molar-refractivity contribution in [3.8, 4) is 0 Å². The van der Waals surface area contributed by atoms with E-state index in [2.05, 4.69) is 17.4 Å². The highest BCUT2D eigenvalue weighted by Gasteiger charge is 2.25. The smallest absolute Gasteiger partial charge is 0.129 e. The van der Waals surface area contributed by atoms with E-state index in [0.717, 1.165) is 23.1 Å². The molecule has 3 rings (SSSR count). The molecule has 0 amide bonds. The maximum absolute atomic E-state index is 5.94. The Kier molecular flexibility index (Phi) is 2.31. The molecule has 1 aliphatic rings. The summed E-state index contributed by atoms with van der Waals surface area (Å²) in [4.78, 5) is 1.22. The number of hydrogen-bond acceptors (Lipinski definition) is 3. The summed E-state index contributed by atoms with van der Waals surface area (Å²) in [5, 5.41) is 3.45. The third-order valence-corrected chi connectivity index (χ3v) is 3.96. The van der Waals surface area contributed by atoms with Gasteiger partial charge in [-0.15, -0.1) is 11.3 Å². The van der Waals surface area contributed by atoms with E-state index in [0.29, 0.717) is 0 Å². The topological polar surface area (TPSA) is 25.2 Å². The van der Waals surface area contributed by atoms with Crippen LogP contribution in [-0.2, 0) is 6.42 Å². The first-order chi connectivity index (χ1) is 7.34. The van der Waals surface area contributed by atoms with Gasteiger partial charge in [-0.05, 0) is 30.2 Å². The zero-order valence-electron chi connectivity index (χ0n) is 8.00. The van der Waals surface area contributed by atoms with Crippen molar-refractivity contribution in [3.63, 3.8) is 0 Å². The molecule has 2 aromatic heterocycles. The Labute approximate surface area is 96.9 Å². The maximum atomic E-state index is 5.94. The van der Waals surface area contributed by atoms with E-state index in [1.54, 1.807) is 17.6 Å². The average molecular weight is 240 g/mol. The molecule has 0 radical (unpaired) electrons. The van der Waals surface area contributed by atoms with E-state index < -0.39 is 0 Å². The summed E-state index contributed by atoms with van der Waals surface area (Å²) in [5.41, 5.74) is 1.31. The van der Waals surface area contributed by atoms with Crippen molar-refractivity contribution in [1.82, 2.24) is 5.32 Å². The van der Waals surface area contributed by atoms with Crippen molar-refractivity contribution >= 4 is 22.9 Å². The Morgan fingerprint density at radius 3 is 3.13 bits per heavy atom. The van der Waals surface area contributed by atoms with Gasteiger partial charge in [0, 0.05) is 11.4 Å². The van der Waals surface area contributed by atoms with Gasteiger partial charge in [0.2, 0.25) is 0 Å². The van der Waals surface area contributed by atoms with Crippen LogP contribution in [0.3, 0.4) is 0 Å². The van der Waals surface area contributed by atoms with Crippen molar-refractivity contribution in [2.24, 2.45) is 0 Å². The van der Waals surface area contributed by atoms with E-state index >= 15 is 0 Å². The molecule has 15 heavy (non-hydrogen) atoms. The monoisotopic (exact) mass is 239 g/mol. The van der Waals surface area contributed by atoms with Crippen LogP contribution < -0.4 is 5.32 Å². The molecule has 78 valence electrons. The fourth-order valence-corrected chi connectivity index (χ4v) is 3.10. The van der Waals surface area contributed by atoms with E-state index in [4.69, 9.17) is 16.0 Å². The summed E-state index contributed by atoms with van der Waals surface area (Å²) in [6.45, 7) is 0.993. The van der Waals surface area contributed by atoms with Gasteiger partial charge >= 0.3 is 0 Å². The lowest BCUT2D eigenvalue weighted by atomic mass is 10.0. The second kappa shape index (κ2) is 3.67. The van der Waals surface area contributed by atoms with E-state index in [9.17, 15) is 0 Å². The Bertz CT molecular complexity index is 476. The molecule has 1 N–H and O–H groups in total. The van der Waals surface area contributed by atoms with Gasteiger partial charge in [0.1, 0.15) is 11.8 Å². The van der Waals surface area contributed by atoms with Crippen molar-refractivity contribution in [2.75, 3.05) is 6.54 Å². The molecule has 0 saturated heterocycles. The summed E-state index contributed by atoms with van der Waals surface area (Å²) >= 11 is 7.54. The van der Waals surface area contributed by atoms with E-state index in [1.165, 1.54) is 10.4 Å². The number of hydrogen-bond donors (Lipinski definition) is 1. The summed E-state index contributed by atoms with van der Waals surface area (Å²) < 4.78 is 6.36. The average Bonchev–Trinajstić information content (AvgIpc) is 2.84. The van der Waals surface area contributed by atoms with Crippen LogP contribution in [-0.4, -0.2) is 6.54 Å². The number of nitrogens with one attached hydrogen (secondary N) is 1. The minimum atomic E-state index is 0.182. The SMILES string of the molecule is Clc1ccc(C2NCCc3ccoc32)s1. The molecule has 4 heteroatoms. The van der Waals surface area contributed by atoms with E-state index in [1.807, 2.05) is 6.07 Å². The van der Waals surface area contributed by atoms with Gasteiger partial charge in [-0.1, -0.05) is 11.6 Å². The molecule has 0 fully saturated rings. The van der Waals surface area contributed by atoms with Crippen LogP contribution in [0.1, 0.15) is 22.2 Å². The van der Waals surface area contributed by atoms with Crippen LogP contribution >= 0.6 is 22.9 Å². The lowest BCUT2D eigenvalue weighted by Gasteiger charge is -2.21. The predicted octanol–water partition coefficient (Wildman–Crippen LogP) is 3.23. The van der Waals surface area contributed by atoms with Gasteiger partial charge in [0.15, 0.2) is 0 Å². The van der Waals surface area contributed by atoms with Gasteiger partial charge in [-0.25, -0.2) is 0 Å². The maximum Gasteiger partial charge on any atom is 0.129 e. The molecule has 0 bridgehead atoms. The number of fused-ring (bicyclic) bond motifs is 1. The molecule has 2 nitrogen and oxygen atoms in total. The normalized spacial score (nSPS) is 20.2. The van der Waals surface area contributed by atoms with Crippen LogP contribution in [0.25, 0.3) is 0 Å². The Hall–Kier alpha value is -0.770. The molecular weight excluding hydrogens is 230 g/mol. The second-order valence-electron chi connectivity index (χ2n) is 3.59. The Morgan fingerprint density at radius 1 is 1.40 bits per heavy atom. The first-order valence-electron chi connectivity index (χ1n) is 4.89. The van der Waals surface area contributed by atoms with Gasteiger partial charge in [0.25, 0.3) is 0 Å². The molecule has 0 spiro atoms. The lowest BCUT2D eigenvalue weighted by molar-refractivity contribution is 0.428. The summed E-state index contributed by atoms with van der Waals surface area (Å²) in [5.74, 6) is 1.04. The summed E-state index contributed by atoms with van der Waals surface area (Å²) in [6, 6.07) is 6.22. The summed E-state index contributed by atoms with van der Waals surface area (Å²) in [6.07, 6.45) is 2.81. The zero-order chi connectivity index (χ0) is 10.3. The highest BCUT2D eigenvalue weighted by atomic mass is 35.5. The van der Waals surface area contributed by atoms with Crippen molar-refractivity contribution in [1.29, 1.82) is 0 Å². The molecule has 0 saturated carbocycles. The molecular formula is C11H10ClNOS. The molecule has 2 aromatic rings. The van der Waals surface area contributed by atoms with Crippen LogP contribution in [0.2, 0.25) is 4.34 Å². The first kappa shape index (κ1) is 9.46. The fourth-order valence-electron chi connectivity index (χ4n) is 1.96. The van der Waals surface area contributed by atoms with Gasteiger partial charge < -0.3 is 9.73 Å². The quantitative estimate of drug-likeness (QED) is 0.827. The Morgan fingerprint density at radius 2 is 2.33 bits per heavy atom. The molecule has 1 aliphatic heterocycles. The van der Waals surface area contributed by atoms with Crippen LogP contribution in [0, 0.1) is 0 Å². The number of furan rings is 1. The third-order valence-electron chi connectivity index (χ3n) is 2.66. The Balaban J connectivity index is 2.02. The number of thiophene rings is 1. The minimum Gasteiger partial charge on any atom is -0.467 e. The fraction of sp³-hybridized carbons (Fsp3) is 0.273. The van der Waals surface area contributed by atoms with Crippen LogP contribution in [0.5, 0.6) is 0 Å².